The first-order chi connectivity index (χ1) is 15.0. The van der Waals surface area contributed by atoms with Crippen molar-refractivity contribution in [1.29, 1.82) is 0 Å². The Hall–Kier alpha value is -2.80. The van der Waals surface area contributed by atoms with Crippen molar-refractivity contribution in [1.82, 2.24) is 14.9 Å². The first-order valence-corrected chi connectivity index (χ1v) is 11.8. The molecule has 31 heavy (non-hydrogen) atoms. The van der Waals surface area contributed by atoms with Crippen molar-refractivity contribution in [3.8, 4) is 0 Å². The predicted octanol–water partition coefficient (Wildman–Crippen LogP) is 4.71. The van der Waals surface area contributed by atoms with Gasteiger partial charge >= 0.3 is 0 Å². The van der Waals surface area contributed by atoms with Gasteiger partial charge in [-0.15, -0.1) is 0 Å². The molecular formula is C24H28N4O2S. The molecule has 3 aromatic rings. The lowest BCUT2D eigenvalue weighted by Gasteiger charge is -2.11. The van der Waals surface area contributed by atoms with Crippen molar-refractivity contribution in [3.05, 3.63) is 54.1 Å². The minimum Gasteiger partial charge on any atom is -0.349 e. The van der Waals surface area contributed by atoms with E-state index in [1.54, 1.807) is 24.3 Å². The maximum Gasteiger partial charge on any atom is 0.251 e. The van der Waals surface area contributed by atoms with Gasteiger partial charge in [-0.05, 0) is 55.5 Å². The number of anilines is 1. The van der Waals surface area contributed by atoms with Gasteiger partial charge in [-0.25, -0.2) is 4.98 Å². The topological polar surface area (TPSA) is 76.0 Å². The van der Waals surface area contributed by atoms with E-state index < -0.39 is 0 Å². The number of amides is 2. The van der Waals surface area contributed by atoms with E-state index in [-0.39, 0.29) is 17.6 Å². The molecule has 0 aliphatic heterocycles. The molecule has 1 saturated carbocycles. The van der Waals surface area contributed by atoms with Gasteiger partial charge < -0.3 is 15.2 Å². The Morgan fingerprint density at radius 2 is 1.97 bits per heavy atom. The Morgan fingerprint density at radius 3 is 2.74 bits per heavy atom. The third-order valence-corrected chi connectivity index (χ3v) is 6.18. The summed E-state index contributed by atoms with van der Waals surface area (Å²) in [6, 6.07) is 15.5. The highest BCUT2D eigenvalue weighted by Gasteiger charge is 2.23. The van der Waals surface area contributed by atoms with Gasteiger partial charge in [0.1, 0.15) is 0 Å². The summed E-state index contributed by atoms with van der Waals surface area (Å²) in [5.41, 5.74) is 3.24. The molecule has 1 heterocycles. The highest BCUT2D eigenvalue weighted by molar-refractivity contribution is 7.99. The van der Waals surface area contributed by atoms with Gasteiger partial charge in [0.2, 0.25) is 5.91 Å². The summed E-state index contributed by atoms with van der Waals surface area (Å²) in [6.45, 7) is 5.29. The minimum absolute atomic E-state index is 0.0909. The molecule has 1 aromatic heterocycles. The molecule has 7 heteroatoms. The highest BCUT2D eigenvalue weighted by Crippen LogP contribution is 2.25. The average molecular weight is 437 g/mol. The number of aryl methyl sites for hydroxylation is 1. The van der Waals surface area contributed by atoms with Gasteiger partial charge in [0.15, 0.2) is 5.16 Å². The van der Waals surface area contributed by atoms with Gasteiger partial charge in [-0.2, -0.15) is 0 Å². The molecule has 0 unspecified atom stereocenters. The number of rotatable bonds is 9. The summed E-state index contributed by atoms with van der Waals surface area (Å²) in [7, 11) is 0. The molecule has 2 amide bonds. The zero-order valence-corrected chi connectivity index (χ0v) is 18.7. The summed E-state index contributed by atoms with van der Waals surface area (Å²) in [5.74, 6) is 0.634. The number of thioether (sulfide) groups is 1. The van der Waals surface area contributed by atoms with Crippen LogP contribution >= 0.6 is 11.8 Å². The van der Waals surface area contributed by atoms with Gasteiger partial charge in [0.05, 0.1) is 16.8 Å². The van der Waals surface area contributed by atoms with Crippen LogP contribution in [0.1, 0.15) is 43.5 Å². The fourth-order valence-corrected chi connectivity index (χ4v) is 4.17. The van der Waals surface area contributed by atoms with Crippen molar-refractivity contribution >= 4 is 40.3 Å². The SMILES string of the molecule is CC(C)CCn1c(SCC(=O)Nc2cccc(C(=O)NC3CC3)c2)nc2ccccc21. The van der Waals surface area contributed by atoms with Crippen LogP contribution in [0.2, 0.25) is 0 Å². The number of fused-ring (bicyclic) bond motifs is 1. The molecule has 0 atom stereocenters. The van der Waals surface area contributed by atoms with E-state index in [1.807, 2.05) is 18.2 Å². The Balaban J connectivity index is 1.40. The Labute approximate surface area is 186 Å². The monoisotopic (exact) mass is 436 g/mol. The molecular weight excluding hydrogens is 408 g/mol. The fourth-order valence-electron chi connectivity index (χ4n) is 3.33. The third-order valence-electron chi connectivity index (χ3n) is 5.20. The average Bonchev–Trinajstić information content (AvgIpc) is 3.49. The van der Waals surface area contributed by atoms with Crippen molar-refractivity contribution in [2.45, 2.75) is 50.9 Å². The van der Waals surface area contributed by atoms with E-state index in [0.717, 1.165) is 42.0 Å². The second kappa shape index (κ2) is 9.56. The number of imidazole rings is 1. The van der Waals surface area contributed by atoms with Crippen LogP contribution in [0.25, 0.3) is 11.0 Å². The summed E-state index contributed by atoms with van der Waals surface area (Å²) in [6.07, 6.45) is 3.14. The van der Waals surface area contributed by atoms with E-state index in [2.05, 4.69) is 35.1 Å². The largest absolute Gasteiger partial charge is 0.349 e. The van der Waals surface area contributed by atoms with Gasteiger partial charge in [0.25, 0.3) is 5.91 Å². The molecule has 4 rings (SSSR count). The molecule has 6 nitrogen and oxygen atoms in total. The lowest BCUT2D eigenvalue weighted by molar-refractivity contribution is -0.113. The number of para-hydroxylation sites is 2. The Kier molecular flexibility index (Phi) is 6.61. The summed E-state index contributed by atoms with van der Waals surface area (Å²) >= 11 is 1.44. The van der Waals surface area contributed by atoms with Gasteiger partial charge in [-0.1, -0.05) is 43.8 Å². The number of hydrogen-bond donors (Lipinski definition) is 2. The molecule has 1 aliphatic carbocycles. The normalized spacial score (nSPS) is 13.5. The lowest BCUT2D eigenvalue weighted by Crippen LogP contribution is -2.25. The molecule has 0 bridgehead atoms. The maximum atomic E-state index is 12.6. The van der Waals surface area contributed by atoms with Crippen LogP contribution < -0.4 is 10.6 Å². The van der Waals surface area contributed by atoms with Crippen LogP contribution in [-0.4, -0.2) is 33.2 Å². The van der Waals surface area contributed by atoms with E-state index in [0.29, 0.717) is 23.2 Å². The summed E-state index contributed by atoms with van der Waals surface area (Å²) in [4.78, 5) is 29.5. The number of carbonyl (C=O) groups excluding carboxylic acids is 2. The standard InChI is InChI=1S/C24H28N4O2S/c1-16(2)12-13-28-21-9-4-3-8-20(21)27-24(28)31-15-22(29)25-19-7-5-6-17(14-19)23(30)26-18-10-11-18/h3-9,14,16,18H,10-13,15H2,1-2H3,(H,25,29)(H,26,30). The molecule has 0 saturated heterocycles. The van der Waals surface area contributed by atoms with Crippen molar-refractivity contribution in [3.63, 3.8) is 0 Å². The molecule has 162 valence electrons. The number of benzene rings is 2. The van der Waals surface area contributed by atoms with Crippen LogP contribution in [0.5, 0.6) is 0 Å². The van der Waals surface area contributed by atoms with Crippen molar-refractivity contribution in [2.75, 3.05) is 11.1 Å². The smallest absolute Gasteiger partial charge is 0.251 e. The first kappa shape index (κ1) is 21.4. The number of aromatic nitrogens is 2. The van der Waals surface area contributed by atoms with E-state index in [4.69, 9.17) is 4.98 Å². The Bertz CT molecular complexity index is 1090. The molecule has 2 N–H and O–H groups in total. The van der Waals surface area contributed by atoms with Gasteiger partial charge in [0, 0.05) is 23.8 Å². The van der Waals surface area contributed by atoms with Crippen LogP contribution in [0.4, 0.5) is 5.69 Å². The molecule has 2 aromatic carbocycles. The van der Waals surface area contributed by atoms with Gasteiger partial charge in [-0.3, -0.25) is 9.59 Å². The summed E-state index contributed by atoms with van der Waals surface area (Å²) < 4.78 is 2.20. The predicted molar refractivity (Wildman–Crippen MR) is 125 cm³/mol. The first-order valence-electron chi connectivity index (χ1n) is 10.8. The molecule has 0 radical (unpaired) electrons. The number of nitrogens with one attached hydrogen (secondary N) is 2. The van der Waals surface area contributed by atoms with Crippen LogP contribution in [0.3, 0.4) is 0 Å². The van der Waals surface area contributed by atoms with Crippen LogP contribution in [-0.2, 0) is 11.3 Å². The van der Waals surface area contributed by atoms with E-state index in [9.17, 15) is 9.59 Å². The van der Waals surface area contributed by atoms with Crippen LogP contribution in [0.15, 0.2) is 53.7 Å². The van der Waals surface area contributed by atoms with E-state index >= 15 is 0 Å². The maximum absolute atomic E-state index is 12.6. The zero-order valence-electron chi connectivity index (χ0n) is 17.9. The van der Waals surface area contributed by atoms with Crippen molar-refractivity contribution < 1.29 is 9.59 Å². The zero-order chi connectivity index (χ0) is 21.8. The third kappa shape index (κ3) is 5.67. The molecule has 1 aliphatic rings. The molecule has 0 spiro atoms. The number of carbonyl (C=O) groups is 2. The van der Waals surface area contributed by atoms with Crippen molar-refractivity contribution in [2.24, 2.45) is 5.92 Å². The highest BCUT2D eigenvalue weighted by atomic mass is 32.2. The quantitative estimate of drug-likeness (QED) is 0.477. The minimum atomic E-state index is -0.118. The summed E-state index contributed by atoms with van der Waals surface area (Å²) in [5, 5.41) is 6.73. The Morgan fingerprint density at radius 1 is 1.16 bits per heavy atom. The second-order valence-electron chi connectivity index (χ2n) is 8.38. The van der Waals surface area contributed by atoms with E-state index in [1.165, 1.54) is 11.8 Å². The number of nitrogens with zero attached hydrogens (tertiary/aromatic N) is 2. The number of hydrogen-bond acceptors (Lipinski definition) is 4. The fraction of sp³-hybridized carbons (Fsp3) is 0.375. The lowest BCUT2D eigenvalue weighted by atomic mass is 10.1. The molecule has 1 fully saturated rings. The second-order valence-corrected chi connectivity index (χ2v) is 9.33. The van der Waals surface area contributed by atoms with Crippen LogP contribution in [0, 0.1) is 5.92 Å².